The SMILES string of the molecule is C[C@]12CC=CC[C@H]1COC2=O. The zero-order valence-electron chi connectivity index (χ0n) is 6.67. The Labute approximate surface area is 66.2 Å². The third-order valence-electron chi connectivity index (χ3n) is 2.91. The first-order chi connectivity index (χ1) is 5.23. The normalized spacial score (nSPS) is 41.9. The number of rotatable bonds is 0. The van der Waals surface area contributed by atoms with Gasteiger partial charge in [0.2, 0.25) is 0 Å². The molecule has 2 aliphatic rings. The molecule has 0 aromatic carbocycles. The fraction of sp³-hybridized carbons (Fsp3) is 0.667. The Bertz CT molecular complexity index is 220. The Morgan fingerprint density at radius 3 is 3.18 bits per heavy atom. The summed E-state index contributed by atoms with van der Waals surface area (Å²) in [5, 5.41) is 0. The molecule has 2 rings (SSSR count). The summed E-state index contributed by atoms with van der Waals surface area (Å²) >= 11 is 0. The minimum absolute atomic E-state index is 0.00755. The quantitative estimate of drug-likeness (QED) is 0.388. The van der Waals surface area contributed by atoms with Crippen molar-refractivity contribution in [1.29, 1.82) is 0 Å². The van der Waals surface area contributed by atoms with E-state index >= 15 is 0 Å². The van der Waals surface area contributed by atoms with E-state index in [9.17, 15) is 4.79 Å². The van der Waals surface area contributed by atoms with E-state index < -0.39 is 0 Å². The molecule has 11 heavy (non-hydrogen) atoms. The molecule has 2 atom stereocenters. The van der Waals surface area contributed by atoms with Crippen molar-refractivity contribution < 1.29 is 9.53 Å². The van der Waals surface area contributed by atoms with Gasteiger partial charge in [0.25, 0.3) is 0 Å². The van der Waals surface area contributed by atoms with Gasteiger partial charge >= 0.3 is 5.97 Å². The van der Waals surface area contributed by atoms with E-state index in [0.717, 1.165) is 12.8 Å². The van der Waals surface area contributed by atoms with Gasteiger partial charge in [-0.05, 0) is 19.8 Å². The number of carbonyl (C=O) groups excluding carboxylic acids is 1. The lowest BCUT2D eigenvalue weighted by Gasteiger charge is -2.27. The third-order valence-corrected chi connectivity index (χ3v) is 2.91. The van der Waals surface area contributed by atoms with Gasteiger partial charge in [0.15, 0.2) is 0 Å². The summed E-state index contributed by atoms with van der Waals surface area (Å²) in [7, 11) is 0. The molecule has 1 saturated heterocycles. The van der Waals surface area contributed by atoms with Crippen LogP contribution in [0.25, 0.3) is 0 Å². The predicted molar refractivity (Wildman–Crippen MR) is 40.9 cm³/mol. The van der Waals surface area contributed by atoms with Crippen molar-refractivity contribution in [3.8, 4) is 0 Å². The van der Waals surface area contributed by atoms with E-state index in [1.165, 1.54) is 0 Å². The van der Waals surface area contributed by atoms with Gasteiger partial charge in [-0.1, -0.05) is 12.2 Å². The molecule has 0 saturated carbocycles. The van der Waals surface area contributed by atoms with Crippen LogP contribution in [0.15, 0.2) is 12.2 Å². The number of esters is 1. The van der Waals surface area contributed by atoms with Crippen molar-refractivity contribution in [2.24, 2.45) is 11.3 Å². The molecule has 1 aliphatic carbocycles. The second-order valence-electron chi connectivity index (χ2n) is 3.62. The van der Waals surface area contributed by atoms with Crippen LogP contribution < -0.4 is 0 Å². The first-order valence-corrected chi connectivity index (χ1v) is 4.06. The van der Waals surface area contributed by atoms with Crippen LogP contribution in [0.2, 0.25) is 0 Å². The Balaban J connectivity index is 2.31. The summed E-state index contributed by atoms with van der Waals surface area (Å²) in [5.41, 5.74) is -0.200. The van der Waals surface area contributed by atoms with Crippen LogP contribution in [-0.2, 0) is 9.53 Å². The highest BCUT2D eigenvalue weighted by Gasteiger charge is 2.48. The van der Waals surface area contributed by atoms with Crippen LogP contribution in [0, 0.1) is 11.3 Å². The monoisotopic (exact) mass is 152 g/mol. The van der Waals surface area contributed by atoms with Crippen LogP contribution in [0.3, 0.4) is 0 Å². The van der Waals surface area contributed by atoms with E-state index in [-0.39, 0.29) is 11.4 Å². The van der Waals surface area contributed by atoms with Crippen molar-refractivity contribution in [2.45, 2.75) is 19.8 Å². The molecule has 0 aromatic rings. The van der Waals surface area contributed by atoms with Gasteiger partial charge in [0.1, 0.15) is 0 Å². The molecule has 0 spiro atoms. The first-order valence-electron chi connectivity index (χ1n) is 4.06. The molecule has 0 amide bonds. The van der Waals surface area contributed by atoms with E-state index in [0.29, 0.717) is 12.5 Å². The van der Waals surface area contributed by atoms with E-state index in [2.05, 4.69) is 12.2 Å². The molecule has 1 fully saturated rings. The second kappa shape index (κ2) is 2.10. The summed E-state index contributed by atoms with van der Waals surface area (Å²) in [5.74, 6) is 0.423. The van der Waals surface area contributed by atoms with Crippen LogP contribution in [0.1, 0.15) is 19.8 Å². The number of allylic oxidation sites excluding steroid dienone is 2. The Kier molecular flexibility index (Phi) is 1.31. The summed E-state index contributed by atoms with van der Waals surface area (Å²) in [4.78, 5) is 11.3. The Morgan fingerprint density at radius 1 is 1.64 bits per heavy atom. The van der Waals surface area contributed by atoms with Crippen molar-refractivity contribution in [3.63, 3.8) is 0 Å². The zero-order valence-corrected chi connectivity index (χ0v) is 6.67. The van der Waals surface area contributed by atoms with Crippen LogP contribution >= 0.6 is 0 Å². The van der Waals surface area contributed by atoms with E-state index in [1.54, 1.807) is 0 Å². The molecule has 1 aliphatic heterocycles. The minimum atomic E-state index is -0.200. The Hall–Kier alpha value is -0.790. The molecule has 0 aromatic heterocycles. The zero-order chi connectivity index (χ0) is 7.90. The van der Waals surface area contributed by atoms with Gasteiger partial charge in [-0.25, -0.2) is 0 Å². The molecule has 2 nitrogen and oxygen atoms in total. The summed E-state index contributed by atoms with van der Waals surface area (Å²) < 4.78 is 5.02. The largest absolute Gasteiger partial charge is 0.465 e. The van der Waals surface area contributed by atoms with Crippen molar-refractivity contribution in [2.75, 3.05) is 6.61 Å². The highest BCUT2D eigenvalue weighted by Crippen LogP contribution is 2.43. The molecule has 2 heteroatoms. The highest BCUT2D eigenvalue weighted by molar-refractivity contribution is 5.79. The average molecular weight is 152 g/mol. The van der Waals surface area contributed by atoms with Crippen molar-refractivity contribution >= 4 is 5.97 Å². The van der Waals surface area contributed by atoms with Gasteiger partial charge in [-0.3, -0.25) is 4.79 Å². The standard InChI is InChI=1S/C9H12O2/c1-9-5-3-2-4-7(9)6-11-8(9)10/h2-3,7H,4-6H2,1H3/t7-,9-/m0/s1. The lowest BCUT2D eigenvalue weighted by molar-refractivity contribution is -0.145. The second-order valence-corrected chi connectivity index (χ2v) is 3.62. The maximum Gasteiger partial charge on any atom is 0.312 e. The predicted octanol–water partition coefficient (Wildman–Crippen LogP) is 1.52. The highest BCUT2D eigenvalue weighted by atomic mass is 16.5. The van der Waals surface area contributed by atoms with Gasteiger partial charge in [0, 0.05) is 5.92 Å². The summed E-state index contributed by atoms with van der Waals surface area (Å²) in [6.07, 6.45) is 6.09. The number of hydrogen-bond donors (Lipinski definition) is 0. The van der Waals surface area contributed by atoms with Gasteiger partial charge in [-0.2, -0.15) is 0 Å². The Morgan fingerprint density at radius 2 is 2.45 bits per heavy atom. The first kappa shape index (κ1) is 6.89. The third kappa shape index (κ3) is 0.817. The fourth-order valence-corrected chi connectivity index (χ4v) is 1.86. The van der Waals surface area contributed by atoms with Crippen LogP contribution in [0.5, 0.6) is 0 Å². The molecular weight excluding hydrogens is 140 g/mol. The molecule has 0 bridgehead atoms. The number of ether oxygens (including phenoxy) is 1. The lowest BCUT2D eigenvalue weighted by Crippen LogP contribution is -2.30. The summed E-state index contributed by atoms with van der Waals surface area (Å²) in [6, 6.07) is 0. The number of hydrogen-bond acceptors (Lipinski definition) is 2. The molecular formula is C9H12O2. The van der Waals surface area contributed by atoms with E-state index in [4.69, 9.17) is 4.74 Å². The topological polar surface area (TPSA) is 26.3 Å². The van der Waals surface area contributed by atoms with Gasteiger partial charge in [-0.15, -0.1) is 0 Å². The maximum atomic E-state index is 11.3. The molecule has 0 N–H and O–H groups in total. The van der Waals surface area contributed by atoms with E-state index in [1.807, 2.05) is 6.92 Å². The smallest absolute Gasteiger partial charge is 0.312 e. The number of fused-ring (bicyclic) bond motifs is 1. The molecule has 60 valence electrons. The summed E-state index contributed by atoms with van der Waals surface area (Å²) in [6.45, 7) is 2.64. The molecule has 1 heterocycles. The lowest BCUT2D eigenvalue weighted by atomic mass is 9.72. The van der Waals surface area contributed by atoms with Crippen LogP contribution in [0.4, 0.5) is 0 Å². The van der Waals surface area contributed by atoms with Gasteiger partial charge < -0.3 is 4.74 Å². The number of carbonyl (C=O) groups is 1. The minimum Gasteiger partial charge on any atom is -0.465 e. The van der Waals surface area contributed by atoms with Crippen LogP contribution in [-0.4, -0.2) is 12.6 Å². The fourth-order valence-electron chi connectivity index (χ4n) is 1.86. The molecule has 0 radical (unpaired) electrons. The van der Waals surface area contributed by atoms with Crippen molar-refractivity contribution in [3.05, 3.63) is 12.2 Å². The van der Waals surface area contributed by atoms with Crippen molar-refractivity contribution in [1.82, 2.24) is 0 Å². The maximum absolute atomic E-state index is 11.3. The number of cyclic esters (lactones) is 1. The molecule has 0 unspecified atom stereocenters. The average Bonchev–Trinajstić information content (AvgIpc) is 2.29. The van der Waals surface area contributed by atoms with Gasteiger partial charge in [0.05, 0.1) is 12.0 Å².